The van der Waals surface area contributed by atoms with E-state index in [-0.39, 0.29) is 11.2 Å². The van der Waals surface area contributed by atoms with Crippen molar-refractivity contribution in [1.29, 1.82) is 0 Å². The molecule has 18 heavy (non-hydrogen) atoms. The van der Waals surface area contributed by atoms with E-state index < -0.39 is 0 Å². The lowest BCUT2D eigenvalue weighted by molar-refractivity contribution is 0.467. The van der Waals surface area contributed by atoms with Crippen LogP contribution in [0.5, 0.6) is 5.75 Å². The molecular formula is C14H15NO2S. The zero-order valence-corrected chi connectivity index (χ0v) is 11.0. The van der Waals surface area contributed by atoms with E-state index >= 15 is 0 Å². The number of H-pyrrole nitrogens is 1. The number of thioether (sulfide) groups is 1. The molecule has 0 spiro atoms. The molecule has 3 nitrogen and oxygen atoms in total. The average molecular weight is 261 g/mol. The van der Waals surface area contributed by atoms with E-state index in [0.29, 0.717) is 5.75 Å². The van der Waals surface area contributed by atoms with Crippen LogP contribution in [0.1, 0.15) is 18.2 Å². The van der Waals surface area contributed by atoms with Crippen molar-refractivity contribution in [2.75, 3.05) is 0 Å². The van der Waals surface area contributed by atoms with E-state index in [4.69, 9.17) is 5.11 Å². The number of hydrogen-bond acceptors (Lipinski definition) is 3. The monoisotopic (exact) mass is 261 g/mol. The number of nitrogens with one attached hydrogen (secondary N) is 1. The topological polar surface area (TPSA) is 53.1 Å². The Balaban J connectivity index is 2.11. The fourth-order valence-electron chi connectivity index (χ4n) is 1.68. The Bertz CT molecular complexity index is 592. The van der Waals surface area contributed by atoms with Crippen molar-refractivity contribution in [3.05, 3.63) is 58.0 Å². The first-order valence-corrected chi connectivity index (χ1v) is 6.80. The zero-order chi connectivity index (χ0) is 13.0. The number of aromatic amines is 1. The molecule has 2 rings (SSSR count). The minimum absolute atomic E-state index is 0.238. The molecule has 4 heteroatoms. The second-order valence-electron chi connectivity index (χ2n) is 3.96. The summed E-state index contributed by atoms with van der Waals surface area (Å²) in [5.74, 6) is 0.449. The quantitative estimate of drug-likeness (QED) is 0.832. The molecule has 1 aromatic heterocycles. The van der Waals surface area contributed by atoms with Crippen LogP contribution in [0.4, 0.5) is 0 Å². The predicted octanol–water partition coefficient (Wildman–Crippen LogP) is 2.94. The summed E-state index contributed by atoms with van der Waals surface area (Å²) in [6, 6.07) is 9.69. The Kier molecular flexibility index (Phi) is 4.10. The highest BCUT2D eigenvalue weighted by Crippen LogP contribution is 2.25. The summed E-state index contributed by atoms with van der Waals surface area (Å²) in [5.41, 5.74) is 1.78. The van der Waals surface area contributed by atoms with Gasteiger partial charge in [0.25, 0.3) is 0 Å². The van der Waals surface area contributed by atoms with Crippen molar-refractivity contribution < 1.29 is 5.11 Å². The van der Waals surface area contributed by atoms with Gasteiger partial charge in [0.05, 0.1) is 0 Å². The van der Waals surface area contributed by atoms with Crippen LogP contribution < -0.4 is 5.43 Å². The van der Waals surface area contributed by atoms with Gasteiger partial charge in [0.1, 0.15) is 0 Å². The average Bonchev–Trinajstić information content (AvgIpc) is 2.40. The van der Waals surface area contributed by atoms with Gasteiger partial charge in [-0.25, -0.2) is 0 Å². The highest BCUT2D eigenvalue weighted by molar-refractivity contribution is 7.98. The van der Waals surface area contributed by atoms with Gasteiger partial charge >= 0.3 is 0 Å². The third kappa shape index (κ3) is 2.96. The first kappa shape index (κ1) is 12.8. The summed E-state index contributed by atoms with van der Waals surface area (Å²) in [5, 5.41) is 9.16. The second kappa shape index (κ2) is 5.78. The highest BCUT2D eigenvalue weighted by atomic mass is 32.2. The van der Waals surface area contributed by atoms with Crippen LogP contribution in [0.3, 0.4) is 0 Å². The first-order valence-electron chi connectivity index (χ1n) is 5.82. The predicted molar refractivity (Wildman–Crippen MR) is 74.1 cm³/mol. The lowest BCUT2D eigenvalue weighted by Crippen LogP contribution is -2.02. The molecule has 0 saturated heterocycles. The van der Waals surface area contributed by atoms with Crippen LogP contribution in [0.15, 0.2) is 46.2 Å². The molecule has 0 amide bonds. The number of aromatic nitrogens is 1. The SMILES string of the molecule is CCc1ccccc1SCc1cc(=O)c(O)c[nH]1. The van der Waals surface area contributed by atoms with Gasteiger partial charge in [0.15, 0.2) is 5.75 Å². The zero-order valence-electron chi connectivity index (χ0n) is 10.1. The van der Waals surface area contributed by atoms with Gasteiger partial charge < -0.3 is 10.1 Å². The van der Waals surface area contributed by atoms with Crippen molar-refractivity contribution in [3.8, 4) is 5.75 Å². The Labute approximate surface area is 110 Å². The molecule has 1 heterocycles. The molecular weight excluding hydrogens is 246 g/mol. The van der Waals surface area contributed by atoms with E-state index in [1.807, 2.05) is 12.1 Å². The Morgan fingerprint density at radius 1 is 1.33 bits per heavy atom. The van der Waals surface area contributed by atoms with Gasteiger partial charge in [-0.2, -0.15) is 0 Å². The summed E-state index contributed by atoms with van der Waals surface area (Å²) in [6.45, 7) is 2.13. The molecule has 0 fully saturated rings. The molecule has 0 aliphatic rings. The van der Waals surface area contributed by atoms with Crippen LogP contribution in [-0.4, -0.2) is 10.1 Å². The van der Waals surface area contributed by atoms with Crippen molar-refractivity contribution >= 4 is 11.8 Å². The number of rotatable bonds is 4. The number of pyridine rings is 1. The normalized spacial score (nSPS) is 10.5. The van der Waals surface area contributed by atoms with Crippen LogP contribution in [-0.2, 0) is 12.2 Å². The largest absolute Gasteiger partial charge is 0.503 e. The highest BCUT2D eigenvalue weighted by Gasteiger charge is 2.03. The molecule has 0 saturated carbocycles. The minimum atomic E-state index is -0.340. The van der Waals surface area contributed by atoms with E-state index in [0.717, 1.165) is 12.1 Å². The van der Waals surface area contributed by atoms with Gasteiger partial charge in [-0.3, -0.25) is 4.79 Å². The fraction of sp³-hybridized carbons (Fsp3) is 0.214. The lowest BCUT2D eigenvalue weighted by atomic mass is 10.2. The molecule has 0 aliphatic heterocycles. The van der Waals surface area contributed by atoms with Crippen LogP contribution in [0.25, 0.3) is 0 Å². The summed E-state index contributed by atoms with van der Waals surface area (Å²) < 4.78 is 0. The van der Waals surface area contributed by atoms with E-state index in [2.05, 4.69) is 24.0 Å². The van der Waals surface area contributed by atoms with Crippen molar-refractivity contribution in [2.45, 2.75) is 24.0 Å². The molecule has 2 N–H and O–H groups in total. The maximum atomic E-state index is 11.3. The number of aromatic hydroxyl groups is 1. The third-order valence-electron chi connectivity index (χ3n) is 2.69. The van der Waals surface area contributed by atoms with Crippen molar-refractivity contribution in [3.63, 3.8) is 0 Å². The molecule has 0 unspecified atom stereocenters. The Morgan fingerprint density at radius 3 is 2.83 bits per heavy atom. The van der Waals surface area contributed by atoms with Gasteiger partial charge in [-0.15, -0.1) is 11.8 Å². The summed E-state index contributed by atoms with van der Waals surface area (Å²) in [4.78, 5) is 15.4. The minimum Gasteiger partial charge on any atom is -0.503 e. The molecule has 0 radical (unpaired) electrons. The van der Waals surface area contributed by atoms with Gasteiger partial charge in [0.2, 0.25) is 5.43 Å². The standard InChI is InChI=1S/C14H15NO2S/c1-2-10-5-3-4-6-14(10)18-9-11-7-12(16)13(17)8-15-11/h3-8,17H,2,9H2,1H3,(H,15,16). The molecule has 2 aromatic rings. The lowest BCUT2D eigenvalue weighted by Gasteiger charge is -2.07. The van der Waals surface area contributed by atoms with E-state index in [9.17, 15) is 4.79 Å². The van der Waals surface area contributed by atoms with Crippen LogP contribution in [0, 0.1) is 0 Å². The van der Waals surface area contributed by atoms with E-state index in [1.54, 1.807) is 11.8 Å². The Morgan fingerprint density at radius 2 is 2.11 bits per heavy atom. The molecule has 0 aliphatic carbocycles. The van der Waals surface area contributed by atoms with Crippen molar-refractivity contribution in [1.82, 2.24) is 4.98 Å². The number of aryl methyl sites for hydroxylation is 1. The van der Waals surface area contributed by atoms with E-state index in [1.165, 1.54) is 22.7 Å². The third-order valence-corrected chi connectivity index (χ3v) is 3.85. The first-order chi connectivity index (χ1) is 8.70. The number of benzene rings is 1. The summed E-state index contributed by atoms with van der Waals surface area (Å²) in [6.07, 6.45) is 2.33. The van der Waals surface area contributed by atoms with Crippen molar-refractivity contribution in [2.24, 2.45) is 0 Å². The summed E-state index contributed by atoms with van der Waals surface area (Å²) >= 11 is 1.69. The Hall–Kier alpha value is -1.68. The maximum Gasteiger partial charge on any atom is 0.223 e. The molecule has 0 atom stereocenters. The van der Waals surface area contributed by atoms with Gasteiger partial charge in [-0.05, 0) is 18.1 Å². The smallest absolute Gasteiger partial charge is 0.223 e. The van der Waals surface area contributed by atoms with Crippen LogP contribution in [0.2, 0.25) is 0 Å². The van der Waals surface area contributed by atoms with Gasteiger partial charge in [0, 0.05) is 28.6 Å². The second-order valence-corrected chi connectivity index (χ2v) is 4.97. The fourth-order valence-corrected chi connectivity index (χ4v) is 2.73. The van der Waals surface area contributed by atoms with Crippen LogP contribution >= 0.6 is 11.8 Å². The number of hydrogen-bond donors (Lipinski definition) is 2. The summed E-state index contributed by atoms with van der Waals surface area (Å²) in [7, 11) is 0. The van der Waals surface area contributed by atoms with Gasteiger partial charge in [-0.1, -0.05) is 25.1 Å². The maximum absolute atomic E-state index is 11.3. The molecule has 0 bridgehead atoms. The molecule has 1 aromatic carbocycles. The molecule has 94 valence electrons.